The van der Waals surface area contributed by atoms with E-state index in [0.717, 1.165) is 19.4 Å². The van der Waals surface area contributed by atoms with Crippen molar-refractivity contribution in [2.24, 2.45) is 0 Å². The molecule has 0 aromatic rings. The van der Waals surface area contributed by atoms with Crippen LogP contribution in [-0.4, -0.2) is 24.5 Å². The quantitative estimate of drug-likeness (QED) is 0.467. The Kier molecular flexibility index (Phi) is 8.91. The van der Waals surface area contributed by atoms with Crippen molar-refractivity contribution in [1.29, 1.82) is 0 Å². The normalized spacial score (nSPS) is 14.2. The summed E-state index contributed by atoms with van der Waals surface area (Å²) < 4.78 is 0. The number of carbonyl (C=O) groups excluding carboxylic acids is 1. The maximum atomic E-state index is 11.6. The van der Waals surface area contributed by atoms with Crippen molar-refractivity contribution in [1.82, 2.24) is 10.6 Å². The first-order chi connectivity index (χ1) is 7.61. The third-order valence-electron chi connectivity index (χ3n) is 2.53. The first kappa shape index (κ1) is 15.2. The lowest BCUT2D eigenvalue weighted by atomic mass is 10.2. The summed E-state index contributed by atoms with van der Waals surface area (Å²) in [6.45, 7) is 10.6. The van der Waals surface area contributed by atoms with E-state index in [1.165, 1.54) is 12.8 Å². The Labute approximate surface area is 99.7 Å². The lowest BCUT2D eigenvalue weighted by molar-refractivity contribution is -0.122. The molecule has 0 spiro atoms. The second-order valence-corrected chi connectivity index (χ2v) is 4.31. The van der Waals surface area contributed by atoms with Crippen LogP contribution in [0, 0.1) is 0 Å². The van der Waals surface area contributed by atoms with Gasteiger partial charge in [-0.15, -0.1) is 6.58 Å². The van der Waals surface area contributed by atoms with Crippen LogP contribution in [-0.2, 0) is 4.79 Å². The molecule has 1 amide bonds. The molecular weight excluding hydrogens is 200 g/mol. The van der Waals surface area contributed by atoms with Crippen LogP contribution in [0.3, 0.4) is 0 Å². The summed E-state index contributed by atoms with van der Waals surface area (Å²) in [5.41, 5.74) is 0. The van der Waals surface area contributed by atoms with Crippen molar-refractivity contribution in [3.8, 4) is 0 Å². The molecule has 2 N–H and O–H groups in total. The Morgan fingerprint density at radius 2 is 2.06 bits per heavy atom. The van der Waals surface area contributed by atoms with Crippen molar-refractivity contribution in [2.45, 2.75) is 58.5 Å². The lowest BCUT2D eigenvalue weighted by Gasteiger charge is -2.18. The van der Waals surface area contributed by atoms with Gasteiger partial charge in [0.1, 0.15) is 0 Å². The smallest absolute Gasteiger partial charge is 0.236 e. The molecule has 16 heavy (non-hydrogen) atoms. The number of hydrogen-bond donors (Lipinski definition) is 2. The number of amides is 1. The van der Waals surface area contributed by atoms with Crippen LogP contribution in [0.1, 0.15) is 46.5 Å². The predicted octanol–water partition coefficient (Wildman–Crippen LogP) is 2.24. The SMILES string of the molecule is C=CCC(C)NC(C)C(=O)NCCCCC. The minimum Gasteiger partial charge on any atom is -0.355 e. The number of rotatable bonds is 9. The third-order valence-corrected chi connectivity index (χ3v) is 2.53. The molecule has 2 unspecified atom stereocenters. The summed E-state index contributed by atoms with van der Waals surface area (Å²) in [6.07, 6.45) is 6.17. The second-order valence-electron chi connectivity index (χ2n) is 4.31. The summed E-state index contributed by atoms with van der Waals surface area (Å²) in [5.74, 6) is 0.0898. The van der Waals surface area contributed by atoms with Gasteiger partial charge in [0.15, 0.2) is 0 Å². The van der Waals surface area contributed by atoms with Crippen LogP contribution in [0.5, 0.6) is 0 Å². The summed E-state index contributed by atoms with van der Waals surface area (Å²) in [5, 5.41) is 6.18. The highest BCUT2D eigenvalue weighted by Crippen LogP contribution is 1.95. The molecule has 0 bridgehead atoms. The molecule has 2 atom stereocenters. The second kappa shape index (κ2) is 9.40. The van der Waals surface area contributed by atoms with Gasteiger partial charge in [0, 0.05) is 12.6 Å². The zero-order valence-electron chi connectivity index (χ0n) is 10.9. The van der Waals surface area contributed by atoms with E-state index in [4.69, 9.17) is 0 Å². The van der Waals surface area contributed by atoms with Crippen LogP contribution in [0.25, 0.3) is 0 Å². The van der Waals surface area contributed by atoms with Crippen LogP contribution in [0.2, 0.25) is 0 Å². The fourth-order valence-electron chi connectivity index (χ4n) is 1.56. The fraction of sp³-hybridized carbons (Fsp3) is 0.769. The molecule has 0 radical (unpaired) electrons. The summed E-state index contributed by atoms with van der Waals surface area (Å²) >= 11 is 0. The first-order valence-corrected chi connectivity index (χ1v) is 6.26. The van der Waals surface area contributed by atoms with Gasteiger partial charge in [0.25, 0.3) is 0 Å². The van der Waals surface area contributed by atoms with Gasteiger partial charge < -0.3 is 10.6 Å². The minimum atomic E-state index is -0.128. The van der Waals surface area contributed by atoms with E-state index in [0.29, 0.717) is 6.04 Å². The highest BCUT2D eigenvalue weighted by Gasteiger charge is 2.13. The Morgan fingerprint density at radius 1 is 1.38 bits per heavy atom. The topological polar surface area (TPSA) is 41.1 Å². The van der Waals surface area contributed by atoms with Gasteiger partial charge in [-0.2, -0.15) is 0 Å². The zero-order valence-corrected chi connectivity index (χ0v) is 10.9. The van der Waals surface area contributed by atoms with Crippen molar-refractivity contribution < 1.29 is 4.79 Å². The molecule has 0 saturated heterocycles. The van der Waals surface area contributed by atoms with Crippen LogP contribution >= 0.6 is 0 Å². The van der Waals surface area contributed by atoms with E-state index in [1.807, 2.05) is 13.0 Å². The Morgan fingerprint density at radius 3 is 2.62 bits per heavy atom. The number of unbranched alkanes of at least 4 members (excludes halogenated alkanes) is 2. The molecule has 3 nitrogen and oxygen atoms in total. The lowest BCUT2D eigenvalue weighted by Crippen LogP contribution is -2.45. The standard InChI is InChI=1S/C13H26N2O/c1-5-7-8-10-14-13(16)12(4)15-11(3)9-6-2/h6,11-12,15H,2,5,7-10H2,1,3-4H3,(H,14,16). The summed E-state index contributed by atoms with van der Waals surface area (Å²) in [7, 11) is 0. The van der Waals surface area contributed by atoms with Crippen LogP contribution < -0.4 is 10.6 Å². The first-order valence-electron chi connectivity index (χ1n) is 6.26. The molecule has 0 heterocycles. The predicted molar refractivity (Wildman–Crippen MR) is 69.4 cm³/mol. The number of hydrogen-bond acceptors (Lipinski definition) is 2. The molecule has 0 rings (SSSR count). The summed E-state index contributed by atoms with van der Waals surface area (Å²) in [4.78, 5) is 11.6. The van der Waals surface area contributed by atoms with Gasteiger partial charge in [-0.05, 0) is 26.7 Å². The maximum absolute atomic E-state index is 11.6. The molecule has 0 saturated carbocycles. The van der Waals surface area contributed by atoms with Crippen molar-refractivity contribution in [3.05, 3.63) is 12.7 Å². The average Bonchev–Trinajstić information content (AvgIpc) is 2.24. The molecule has 0 aromatic carbocycles. The molecule has 0 aliphatic heterocycles. The van der Waals surface area contributed by atoms with Crippen LogP contribution in [0.4, 0.5) is 0 Å². The Balaban J connectivity index is 3.68. The van der Waals surface area contributed by atoms with Crippen molar-refractivity contribution in [3.63, 3.8) is 0 Å². The average molecular weight is 226 g/mol. The van der Waals surface area contributed by atoms with Gasteiger partial charge in [-0.25, -0.2) is 0 Å². The molecule has 0 aliphatic carbocycles. The van der Waals surface area contributed by atoms with Crippen molar-refractivity contribution in [2.75, 3.05) is 6.54 Å². The van der Waals surface area contributed by atoms with Gasteiger partial charge >= 0.3 is 0 Å². The van der Waals surface area contributed by atoms with E-state index < -0.39 is 0 Å². The minimum absolute atomic E-state index is 0.0898. The van der Waals surface area contributed by atoms with E-state index in [2.05, 4.69) is 31.1 Å². The van der Waals surface area contributed by atoms with Gasteiger partial charge in [0.2, 0.25) is 5.91 Å². The Bertz CT molecular complexity index is 204. The Hall–Kier alpha value is -0.830. The molecule has 3 heteroatoms. The van der Waals surface area contributed by atoms with Gasteiger partial charge in [0.05, 0.1) is 6.04 Å². The van der Waals surface area contributed by atoms with Crippen LogP contribution in [0.15, 0.2) is 12.7 Å². The van der Waals surface area contributed by atoms with E-state index in [1.54, 1.807) is 0 Å². The number of carbonyl (C=O) groups is 1. The largest absolute Gasteiger partial charge is 0.355 e. The monoisotopic (exact) mass is 226 g/mol. The van der Waals surface area contributed by atoms with Gasteiger partial charge in [-0.1, -0.05) is 25.8 Å². The number of nitrogens with one attached hydrogen (secondary N) is 2. The molecule has 0 fully saturated rings. The highest BCUT2D eigenvalue weighted by atomic mass is 16.2. The zero-order chi connectivity index (χ0) is 12.4. The van der Waals surface area contributed by atoms with E-state index >= 15 is 0 Å². The fourth-order valence-corrected chi connectivity index (χ4v) is 1.56. The van der Waals surface area contributed by atoms with E-state index in [-0.39, 0.29) is 11.9 Å². The van der Waals surface area contributed by atoms with E-state index in [9.17, 15) is 4.79 Å². The molecule has 0 aromatic heterocycles. The third kappa shape index (κ3) is 7.46. The maximum Gasteiger partial charge on any atom is 0.236 e. The molecule has 94 valence electrons. The summed E-state index contributed by atoms with van der Waals surface area (Å²) in [6, 6.07) is 0.172. The molecular formula is C13H26N2O. The molecule has 0 aliphatic rings. The van der Waals surface area contributed by atoms with Crippen molar-refractivity contribution >= 4 is 5.91 Å². The highest BCUT2D eigenvalue weighted by molar-refractivity contribution is 5.81. The van der Waals surface area contributed by atoms with Gasteiger partial charge in [-0.3, -0.25) is 4.79 Å².